The molecule has 0 unspecified atom stereocenters. The minimum absolute atomic E-state index is 0.390. The largest absolute Gasteiger partial charge is 0.309 e. The van der Waals surface area contributed by atoms with Crippen molar-refractivity contribution in [2.24, 2.45) is 0 Å². The van der Waals surface area contributed by atoms with E-state index in [4.69, 9.17) is 26.0 Å². The first-order valence-corrected chi connectivity index (χ1v) is 9.34. The molecule has 0 amide bonds. The number of fused-ring (bicyclic) bond motifs is 6. The second-order valence-electron chi connectivity index (χ2n) is 6.76. The van der Waals surface area contributed by atoms with Crippen molar-refractivity contribution in [1.29, 1.82) is 0 Å². The quantitative estimate of drug-likeness (QED) is 0.265. The lowest BCUT2D eigenvalue weighted by Crippen LogP contribution is -1.96. The van der Waals surface area contributed by atoms with E-state index in [1.54, 1.807) is 0 Å². The third kappa shape index (κ3) is 2.29. The molecule has 32 heavy (non-hydrogen) atoms. The van der Waals surface area contributed by atoms with Gasteiger partial charge < -0.3 is 9.13 Å². The van der Waals surface area contributed by atoms with Crippen LogP contribution in [0.2, 0.25) is 0 Å². The standard InChI is InChI=1S/C30H20N2/c1-2-11-21(12-3-1)31-27-18-9-6-15-24(27)30-28(31)19-10-20-29(30)32-25-16-7-4-13-22(25)23-14-5-8-17-26(23)32/h1-20H/i1D,2D,3D,4D,5D,6D,7D,8D,9D,10D,11D,12D,13D,14D,15D,16D,17D,18D,19D,20D. The number of nitrogens with zero attached hydrogens (tertiary/aromatic N) is 2. The number of aromatic nitrogens is 2. The van der Waals surface area contributed by atoms with E-state index in [1.165, 1.54) is 0 Å². The Balaban J connectivity index is 1.94. The summed E-state index contributed by atoms with van der Waals surface area (Å²) in [5.41, 5.74) is -3.29. The van der Waals surface area contributed by atoms with E-state index in [9.17, 15) is 1.37 Å². The highest BCUT2D eigenvalue weighted by atomic mass is 15.0. The zero-order chi connectivity index (χ0) is 38.5. The molecule has 7 aromatic rings. The molecule has 2 nitrogen and oxygen atoms in total. The molecule has 0 bridgehead atoms. The summed E-state index contributed by atoms with van der Waals surface area (Å²) >= 11 is 0. The lowest BCUT2D eigenvalue weighted by molar-refractivity contribution is 1.17. The van der Waals surface area contributed by atoms with Crippen LogP contribution in [-0.4, -0.2) is 9.13 Å². The van der Waals surface area contributed by atoms with Gasteiger partial charge in [0.25, 0.3) is 0 Å². The summed E-state index contributed by atoms with van der Waals surface area (Å²) in [5.74, 6) is 0. The monoisotopic (exact) mass is 428 g/mol. The molecule has 0 saturated heterocycles. The molecule has 0 aliphatic heterocycles. The van der Waals surface area contributed by atoms with Crippen LogP contribution in [-0.2, 0) is 0 Å². The molecular formula is C30H20N2. The van der Waals surface area contributed by atoms with Crippen LogP contribution in [0.1, 0.15) is 27.4 Å². The van der Waals surface area contributed by atoms with Crippen LogP contribution in [0.25, 0.3) is 55.0 Å². The van der Waals surface area contributed by atoms with Gasteiger partial charge in [-0.1, -0.05) is 78.6 Å². The first-order valence-electron chi connectivity index (χ1n) is 19.3. The minimum atomic E-state index is -0.897. The van der Waals surface area contributed by atoms with E-state index in [0.717, 1.165) is 9.13 Å². The second kappa shape index (κ2) is 6.60. The summed E-state index contributed by atoms with van der Waals surface area (Å²) in [6, 6.07) is -16.0. The van der Waals surface area contributed by atoms with Gasteiger partial charge in [-0.25, -0.2) is 0 Å². The lowest BCUT2D eigenvalue weighted by atomic mass is 10.1. The van der Waals surface area contributed by atoms with Gasteiger partial charge in [-0.05, 0) is 42.3 Å². The first-order chi connectivity index (χ1) is 24.2. The molecule has 0 N–H and O–H groups in total. The average Bonchev–Trinajstić information content (AvgIpc) is 3.65. The predicted molar refractivity (Wildman–Crippen MR) is 135 cm³/mol. The van der Waals surface area contributed by atoms with Crippen LogP contribution in [0, 0.1) is 0 Å². The van der Waals surface area contributed by atoms with E-state index in [0.29, 0.717) is 0 Å². The van der Waals surface area contributed by atoms with Gasteiger partial charge in [-0.15, -0.1) is 0 Å². The Kier molecular flexibility index (Phi) is 1.41. The highest BCUT2D eigenvalue weighted by molar-refractivity contribution is 6.16. The van der Waals surface area contributed by atoms with Gasteiger partial charge in [-0.2, -0.15) is 0 Å². The molecule has 150 valence electrons. The van der Waals surface area contributed by atoms with Crippen LogP contribution < -0.4 is 0 Å². The Labute approximate surface area is 213 Å². The molecule has 0 aliphatic rings. The van der Waals surface area contributed by atoms with Crippen LogP contribution in [0.5, 0.6) is 0 Å². The molecule has 0 radical (unpaired) electrons. The molecule has 0 saturated carbocycles. The van der Waals surface area contributed by atoms with Crippen LogP contribution in [0.4, 0.5) is 0 Å². The summed E-state index contributed by atoms with van der Waals surface area (Å²) in [5, 5.41) is -1.71. The lowest BCUT2D eigenvalue weighted by Gasteiger charge is -2.11. The van der Waals surface area contributed by atoms with Gasteiger partial charge in [0.2, 0.25) is 0 Å². The van der Waals surface area contributed by atoms with Crippen LogP contribution >= 0.6 is 0 Å². The van der Waals surface area contributed by atoms with Crippen LogP contribution in [0.15, 0.2) is 121 Å². The summed E-state index contributed by atoms with van der Waals surface area (Å²) in [6.45, 7) is 0. The number of hydrogen-bond donors (Lipinski definition) is 0. The zero-order valence-corrected chi connectivity index (χ0v) is 15.9. The Morgan fingerprint density at radius 3 is 1.56 bits per heavy atom. The van der Waals surface area contributed by atoms with E-state index in [2.05, 4.69) is 0 Å². The maximum absolute atomic E-state index is 9.20. The van der Waals surface area contributed by atoms with Gasteiger partial charge in [0.05, 0.1) is 55.2 Å². The molecule has 5 aromatic carbocycles. The van der Waals surface area contributed by atoms with E-state index in [-0.39, 0.29) is 0 Å². The summed E-state index contributed by atoms with van der Waals surface area (Å²) in [6.07, 6.45) is 0. The maximum atomic E-state index is 9.20. The van der Waals surface area contributed by atoms with Crippen LogP contribution in [0.3, 0.4) is 0 Å². The number of rotatable bonds is 2. The molecule has 0 spiro atoms. The van der Waals surface area contributed by atoms with E-state index in [1.807, 2.05) is 0 Å². The molecule has 2 aromatic heterocycles. The van der Waals surface area contributed by atoms with Crippen molar-refractivity contribution < 1.29 is 27.4 Å². The molecular weight excluding hydrogens is 388 g/mol. The molecule has 0 aliphatic carbocycles. The third-order valence-corrected chi connectivity index (χ3v) is 5.17. The second-order valence-corrected chi connectivity index (χ2v) is 6.76. The average molecular weight is 429 g/mol. The number of hydrogen-bond acceptors (Lipinski definition) is 0. The van der Waals surface area contributed by atoms with Crippen molar-refractivity contribution in [2.45, 2.75) is 0 Å². The number of para-hydroxylation sites is 4. The van der Waals surface area contributed by atoms with Crippen molar-refractivity contribution in [2.75, 3.05) is 0 Å². The molecule has 2 heterocycles. The van der Waals surface area contributed by atoms with E-state index < -0.39 is 176 Å². The van der Waals surface area contributed by atoms with Gasteiger partial charge in [0.1, 0.15) is 0 Å². The molecule has 0 atom stereocenters. The van der Waals surface area contributed by atoms with Crippen molar-refractivity contribution in [3.05, 3.63) is 121 Å². The molecule has 7 rings (SSSR count). The van der Waals surface area contributed by atoms with E-state index >= 15 is 0 Å². The highest BCUT2D eigenvalue weighted by Gasteiger charge is 2.18. The van der Waals surface area contributed by atoms with Gasteiger partial charge >= 0.3 is 0 Å². The van der Waals surface area contributed by atoms with Crippen molar-refractivity contribution in [3.63, 3.8) is 0 Å². The van der Waals surface area contributed by atoms with Gasteiger partial charge in [-0.3, -0.25) is 0 Å². The summed E-state index contributed by atoms with van der Waals surface area (Å²) in [7, 11) is 0. The summed E-state index contributed by atoms with van der Waals surface area (Å²) < 4.78 is 175. The van der Waals surface area contributed by atoms with Gasteiger partial charge in [0, 0.05) is 27.2 Å². The maximum Gasteiger partial charge on any atom is 0.0645 e. The Hall–Kier alpha value is -4.30. The first kappa shape index (κ1) is 6.85. The van der Waals surface area contributed by atoms with Crippen molar-refractivity contribution >= 4 is 43.6 Å². The Morgan fingerprint density at radius 2 is 0.906 bits per heavy atom. The molecule has 0 fully saturated rings. The Bertz CT molecular complexity index is 2740. The highest BCUT2D eigenvalue weighted by Crippen LogP contribution is 2.39. The van der Waals surface area contributed by atoms with Crippen molar-refractivity contribution in [3.8, 4) is 11.4 Å². The SMILES string of the molecule is [2H]c1c([2H])c([2H])c(-n2c3c([2H])c([2H])c([2H])c([2H])c3c3c(-n4c5c([2H])c([2H])c([2H])c([2H])c5c5c([2H])c([2H])c([2H])c([2H])c54)c([2H])c([2H])c([2H])c32)c([2H])c1[2H]. The normalized spacial score (nSPS) is 20.5. The topological polar surface area (TPSA) is 9.86 Å². The fourth-order valence-electron chi connectivity index (χ4n) is 3.95. The third-order valence-electron chi connectivity index (χ3n) is 5.17. The van der Waals surface area contributed by atoms with Gasteiger partial charge in [0.15, 0.2) is 0 Å². The molecule has 2 heteroatoms. The smallest absolute Gasteiger partial charge is 0.0645 e. The fraction of sp³-hybridized carbons (Fsp3) is 0. The Morgan fingerprint density at radius 1 is 0.406 bits per heavy atom. The fourth-order valence-corrected chi connectivity index (χ4v) is 3.95. The predicted octanol–water partition coefficient (Wildman–Crippen LogP) is 7.88. The number of benzene rings is 5. The summed E-state index contributed by atoms with van der Waals surface area (Å²) in [4.78, 5) is 0. The van der Waals surface area contributed by atoms with Crippen molar-refractivity contribution in [1.82, 2.24) is 9.13 Å². The zero-order valence-electron chi connectivity index (χ0n) is 35.9. The minimum Gasteiger partial charge on any atom is -0.309 e.